The molecule has 4 rings (SSSR count). The van der Waals surface area contributed by atoms with Gasteiger partial charge in [0.2, 0.25) is 0 Å². The first kappa shape index (κ1) is 25.4. The number of hydrogen-bond donors (Lipinski definition) is 1. The Bertz CT molecular complexity index is 1220. The van der Waals surface area contributed by atoms with Crippen molar-refractivity contribution in [3.8, 4) is 10.4 Å². The molecule has 0 spiro atoms. The molecule has 0 saturated heterocycles. The fourth-order valence-electron chi connectivity index (χ4n) is 4.43. The lowest BCUT2D eigenvalue weighted by atomic mass is 9.86. The Kier molecular flexibility index (Phi) is 7.64. The molecule has 1 amide bonds. The minimum absolute atomic E-state index is 0.114. The molecule has 3 aromatic rings. The summed E-state index contributed by atoms with van der Waals surface area (Å²) in [5.74, 6) is 0. The van der Waals surface area contributed by atoms with Crippen molar-refractivity contribution in [2.45, 2.75) is 57.8 Å². The van der Waals surface area contributed by atoms with Crippen molar-refractivity contribution in [3.05, 3.63) is 81.2 Å². The van der Waals surface area contributed by atoms with Gasteiger partial charge in [0.15, 0.2) is 6.29 Å². The number of rotatable bonds is 6. The second-order valence-electron chi connectivity index (χ2n) is 9.90. The van der Waals surface area contributed by atoms with Gasteiger partial charge in [0.05, 0.1) is 17.5 Å². The van der Waals surface area contributed by atoms with Crippen LogP contribution in [-0.2, 0) is 17.6 Å². The van der Waals surface area contributed by atoms with Gasteiger partial charge < -0.3 is 14.7 Å². The Hall–Kier alpha value is -2.67. The van der Waals surface area contributed by atoms with E-state index in [4.69, 9.17) is 16.3 Å². The highest BCUT2D eigenvalue weighted by molar-refractivity contribution is 7.17. The number of thiophene rings is 1. The van der Waals surface area contributed by atoms with Crippen molar-refractivity contribution in [2.75, 3.05) is 6.54 Å². The number of aryl methyl sites for hydroxylation is 1. The fourth-order valence-corrected chi connectivity index (χ4v) is 5.45. The lowest BCUT2D eigenvalue weighted by molar-refractivity contribution is 0.00195. The monoisotopic (exact) mass is 511 g/mol. The molecule has 184 valence electrons. The number of ether oxygens (including phenoxy) is 1. The molecule has 5 nitrogen and oxygen atoms in total. The maximum Gasteiger partial charge on any atom is 0.410 e. The maximum atomic E-state index is 13.3. The predicted octanol–water partition coefficient (Wildman–Crippen LogP) is 6.71. The highest BCUT2D eigenvalue weighted by Gasteiger charge is 2.33. The summed E-state index contributed by atoms with van der Waals surface area (Å²) in [6.07, 6.45) is 1.82. The standard InChI is InChI=1S/C28H30ClNO4S/c1-28(2,3)34-27(33)30(16-25(32)19-5-4-6-22(29)14-19)23-10-9-18-7-8-20(13-21(18)15-23)26-12-11-24(17-31)35-26/h4-8,11-14,17,23,25,32H,9-10,15-16H2,1-3H3. The van der Waals surface area contributed by atoms with Crippen LogP contribution in [0.1, 0.15) is 59.7 Å². The van der Waals surface area contributed by atoms with Crippen LogP contribution in [0.15, 0.2) is 54.6 Å². The lowest BCUT2D eigenvalue weighted by Crippen LogP contribution is -2.47. The summed E-state index contributed by atoms with van der Waals surface area (Å²) in [7, 11) is 0. The first-order valence-electron chi connectivity index (χ1n) is 11.7. The SMILES string of the molecule is CC(C)(C)OC(=O)N(CC(O)c1cccc(Cl)c1)C1CCc2ccc(-c3ccc(C=O)s3)cc2C1. The Morgan fingerprint density at radius 1 is 1.20 bits per heavy atom. The number of aldehydes is 1. The van der Waals surface area contributed by atoms with Gasteiger partial charge in [-0.1, -0.05) is 35.9 Å². The average Bonchev–Trinajstić information content (AvgIpc) is 3.30. The topological polar surface area (TPSA) is 66.8 Å². The molecule has 7 heteroatoms. The highest BCUT2D eigenvalue weighted by atomic mass is 35.5. The summed E-state index contributed by atoms with van der Waals surface area (Å²) in [6, 6.07) is 17.1. The number of amides is 1. The van der Waals surface area contributed by atoms with Crippen LogP contribution in [-0.4, -0.2) is 40.6 Å². The summed E-state index contributed by atoms with van der Waals surface area (Å²) < 4.78 is 5.73. The summed E-state index contributed by atoms with van der Waals surface area (Å²) in [6.45, 7) is 5.64. The van der Waals surface area contributed by atoms with E-state index in [-0.39, 0.29) is 12.6 Å². The first-order valence-corrected chi connectivity index (χ1v) is 12.9. The molecular weight excluding hydrogens is 482 g/mol. The van der Waals surface area contributed by atoms with E-state index in [1.54, 1.807) is 29.2 Å². The van der Waals surface area contributed by atoms with E-state index >= 15 is 0 Å². The third-order valence-corrected chi connectivity index (χ3v) is 7.40. The zero-order valence-corrected chi connectivity index (χ0v) is 21.7. The van der Waals surface area contributed by atoms with Crippen LogP contribution in [0.5, 0.6) is 0 Å². The van der Waals surface area contributed by atoms with Crippen LogP contribution >= 0.6 is 22.9 Å². The van der Waals surface area contributed by atoms with Crippen LogP contribution in [0.4, 0.5) is 4.79 Å². The third kappa shape index (κ3) is 6.31. The van der Waals surface area contributed by atoms with Crippen LogP contribution in [0.25, 0.3) is 10.4 Å². The smallest absolute Gasteiger partial charge is 0.410 e. The van der Waals surface area contributed by atoms with E-state index in [2.05, 4.69) is 18.2 Å². The van der Waals surface area contributed by atoms with Crippen molar-refractivity contribution < 1.29 is 19.4 Å². The molecular formula is C28H30ClNO4S. The number of nitrogens with zero attached hydrogens (tertiary/aromatic N) is 1. The number of benzene rings is 2. The number of aliphatic hydroxyl groups is 1. The first-order chi connectivity index (χ1) is 16.6. The van der Waals surface area contributed by atoms with Gasteiger partial charge in [-0.05, 0) is 92.6 Å². The molecule has 1 aliphatic carbocycles. The molecule has 0 aliphatic heterocycles. The molecule has 0 radical (unpaired) electrons. The van der Waals surface area contributed by atoms with E-state index in [0.29, 0.717) is 21.9 Å². The van der Waals surface area contributed by atoms with Gasteiger partial charge in [-0.3, -0.25) is 4.79 Å². The number of hydrogen-bond acceptors (Lipinski definition) is 5. The molecule has 1 heterocycles. The van der Waals surface area contributed by atoms with Gasteiger partial charge in [-0.2, -0.15) is 0 Å². The average molecular weight is 512 g/mol. The minimum Gasteiger partial charge on any atom is -0.444 e. The molecule has 1 aromatic heterocycles. The third-order valence-electron chi connectivity index (χ3n) is 6.11. The fraction of sp³-hybridized carbons (Fsp3) is 0.357. The maximum absolute atomic E-state index is 13.3. The van der Waals surface area contributed by atoms with Crippen LogP contribution in [0.3, 0.4) is 0 Å². The molecule has 1 aliphatic rings. The van der Waals surface area contributed by atoms with Crippen LogP contribution in [0, 0.1) is 0 Å². The van der Waals surface area contributed by atoms with E-state index in [9.17, 15) is 14.7 Å². The number of carbonyl (C=O) groups is 2. The van der Waals surface area contributed by atoms with Crippen LogP contribution in [0.2, 0.25) is 5.02 Å². The predicted molar refractivity (Wildman–Crippen MR) is 140 cm³/mol. The zero-order chi connectivity index (χ0) is 25.2. The van der Waals surface area contributed by atoms with Crippen molar-refractivity contribution in [2.24, 2.45) is 0 Å². The Morgan fingerprint density at radius 3 is 2.69 bits per heavy atom. The number of carbonyl (C=O) groups excluding carboxylic acids is 2. The second kappa shape index (κ2) is 10.5. The molecule has 0 fully saturated rings. The van der Waals surface area contributed by atoms with E-state index in [1.165, 1.54) is 22.5 Å². The molecule has 0 bridgehead atoms. The van der Waals surface area contributed by atoms with E-state index < -0.39 is 17.8 Å². The zero-order valence-electron chi connectivity index (χ0n) is 20.2. The minimum atomic E-state index is -0.887. The van der Waals surface area contributed by atoms with Crippen molar-refractivity contribution in [3.63, 3.8) is 0 Å². The number of aliphatic hydroxyl groups excluding tert-OH is 1. The number of fused-ring (bicyclic) bond motifs is 1. The van der Waals surface area contributed by atoms with Crippen molar-refractivity contribution in [1.82, 2.24) is 4.90 Å². The Morgan fingerprint density at radius 2 is 2.00 bits per heavy atom. The summed E-state index contributed by atoms with van der Waals surface area (Å²) in [5, 5.41) is 11.5. The molecule has 0 saturated carbocycles. The lowest BCUT2D eigenvalue weighted by Gasteiger charge is -2.37. The van der Waals surface area contributed by atoms with Gasteiger partial charge in [-0.15, -0.1) is 11.3 Å². The summed E-state index contributed by atoms with van der Waals surface area (Å²) in [4.78, 5) is 27.8. The van der Waals surface area contributed by atoms with Gasteiger partial charge in [0.1, 0.15) is 5.60 Å². The van der Waals surface area contributed by atoms with Gasteiger partial charge >= 0.3 is 6.09 Å². The molecule has 2 unspecified atom stereocenters. The van der Waals surface area contributed by atoms with E-state index in [0.717, 1.165) is 29.6 Å². The summed E-state index contributed by atoms with van der Waals surface area (Å²) in [5.41, 5.74) is 3.51. The molecule has 35 heavy (non-hydrogen) atoms. The molecule has 2 aromatic carbocycles. The summed E-state index contributed by atoms with van der Waals surface area (Å²) >= 11 is 7.59. The highest BCUT2D eigenvalue weighted by Crippen LogP contribution is 2.33. The second-order valence-corrected chi connectivity index (χ2v) is 11.5. The normalized spacial score (nSPS) is 16.3. The van der Waals surface area contributed by atoms with Crippen molar-refractivity contribution >= 4 is 35.3 Å². The quantitative estimate of drug-likeness (QED) is 0.373. The molecule has 2 atom stereocenters. The Balaban J connectivity index is 1.59. The van der Waals surface area contributed by atoms with Crippen LogP contribution < -0.4 is 0 Å². The molecule has 1 N–H and O–H groups in total. The largest absolute Gasteiger partial charge is 0.444 e. The van der Waals surface area contributed by atoms with Gasteiger partial charge in [-0.25, -0.2) is 4.79 Å². The Labute approximate surface area is 215 Å². The van der Waals surface area contributed by atoms with Gasteiger partial charge in [0, 0.05) is 15.9 Å². The number of halogens is 1. The van der Waals surface area contributed by atoms with Crippen molar-refractivity contribution in [1.29, 1.82) is 0 Å². The van der Waals surface area contributed by atoms with Gasteiger partial charge in [0.25, 0.3) is 0 Å². The van der Waals surface area contributed by atoms with E-state index in [1.807, 2.05) is 32.9 Å².